The van der Waals surface area contributed by atoms with Crippen molar-refractivity contribution < 1.29 is 4.79 Å². The molecule has 0 amide bonds. The van der Waals surface area contributed by atoms with Crippen LogP contribution in [-0.2, 0) is 4.79 Å². The van der Waals surface area contributed by atoms with Gasteiger partial charge in [0.2, 0.25) is 0 Å². The fraction of sp³-hybridized carbons (Fsp3) is 0.938. The van der Waals surface area contributed by atoms with Crippen molar-refractivity contribution in [1.29, 1.82) is 0 Å². The minimum atomic E-state index is 0.411. The Kier molecular flexibility index (Phi) is 7.55. The van der Waals surface area contributed by atoms with Crippen LogP contribution in [0.1, 0.15) is 84.5 Å². The highest BCUT2D eigenvalue weighted by atomic mass is 16.1. The van der Waals surface area contributed by atoms with E-state index in [0.717, 1.165) is 25.2 Å². The first kappa shape index (κ1) is 14.7. The molecule has 0 bridgehead atoms. The average Bonchev–Trinajstić information content (AvgIpc) is 2.33. The van der Waals surface area contributed by atoms with Crippen LogP contribution in [0.3, 0.4) is 0 Å². The number of hydrogen-bond donors (Lipinski definition) is 0. The van der Waals surface area contributed by atoms with Crippen LogP contribution in [0.5, 0.6) is 0 Å². The first-order valence-corrected chi connectivity index (χ1v) is 7.76. The van der Waals surface area contributed by atoms with Gasteiger partial charge in [-0.1, -0.05) is 58.8 Å². The van der Waals surface area contributed by atoms with Crippen LogP contribution in [0, 0.1) is 11.8 Å². The molecule has 0 aromatic carbocycles. The van der Waals surface area contributed by atoms with Gasteiger partial charge in [0.05, 0.1) is 0 Å². The highest BCUT2D eigenvalue weighted by Crippen LogP contribution is 2.30. The molecule has 2 atom stereocenters. The summed E-state index contributed by atoms with van der Waals surface area (Å²) in [6.07, 6.45) is 13.5. The molecule has 1 aliphatic rings. The van der Waals surface area contributed by atoms with Crippen molar-refractivity contribution in [2.75, 3.05) is 0 Å². The monoisotopic (exact) mass is 238 g/mol. The van der Waals surface area contributed by atoms with Crippen LogP contribution in [0.25, 0.3) is 0 Å². The minimum Gasteiger partial charge on any atom is -0.299 e. The lowest BCUT2D eigenvalue weighted by Gasteiger charge is -2.25. The molecule has 0 aliphatic heterocycles. The summed E-state index contributed by atoms with van der Waals surface area (Å²) in [6.45, 7) is 4.54. The molecule has 2 unspecified atom stereocenters. The maximum atomic E-state index is 12.0. The average molecular weight is 238 g/mol. The van der Waals surface area contributed by atoms with Crippen molar-refractivity contribution >= 4 is 5.78 Å². The normalized spacial score (nSPS) is 24.8. The molecule has 1 aliphatic carbocycles. The van der Waals surface area contributed by atoms with E-state index in [0.29, 0.717) is 11.7 Å². The van der Waals surface area contributed by atoms with Gasteiger partial charge in [-0.25, -0.2) is 0 Å². The Morgan fingerprint density at radius 2 is 1.76 bits per heavy atom. The molecule has 0 heterocycles. The zero-order chi connectivity index (χ0) is 12.5. The Labute approximate surface area is 107 Å². The third-order valence-corrected chi connectivity index (χ3v) is 4.17. The first-order valence-electron chi connectivity index (χ1n) is 7.76. The molecule has 0 radical (unpaired) electrons. The van der Waals surface area contributed by atoms with Gasteiger partial charge < -0.3 is 0 Å². The molecule has 1 fully saturated rings. The lowest BCUT2D eigenvalue weighted by molar-refractivity contribution is -0.124. The highest BCUT2D eigenvalue weighted by molar-refractivity contribution is 5.81. The van der Waals surface area contributed by atoms with Gasteiger partial charge in [0.1, 0.15) is 5.78 Å². The van der Waals surface area contributed by atoms with Crippen molar-refractivity contribution in [2.24, 2.45) is 11.8 Å². The second-order valence-electron chi connectivity index (χ2n) is 5.95. The Morgan fingerprint density at radius 1 is 1.06 bits per heavy atom. The van der Waals surface area contributed by atoms with Gasteiger partial charge in [-0.15, -0.1) is 0 Å². The van der Waals surface area contributed by atoms with E-state index in [1.807, 2.05) is 0 Å². The molecule has 0 saturated heterocycles. The summed E-state index contributed by atoms with van der Waals surface area (Å²) >= 11 is 0. The molecule has 100 valence electrons. The van der Waals surface area contributed by atoms with Gasteiger partial charge in [-0.3, -0.25) is 4.79 Å². The fourth-order valence-corrected chi connectivity index (χ4v) is 3.01. The van der Waals surface area contributed by atoms with E-state index in [4.69, 9.17) is 0 Å². The first-order chi connectivity index (χ1) is 8.24. The Hall–Kier alpha value is -0.330. The second-order valence-corrected chi connectivity index (χ2v) is 5.95. The summed E-state index contributed by atoms with van der Waals surface area (Å²) < 4.78 is 0. The highest BCUT2D eigenvalue weighted by Gasteiger charge is 2.24. The largest absolute Gasteiger partial charge is 0.299 e. The molecule has 1 nitrogen and oxygen atoms in total. The molecular formula is C16H30O. The van der Waals surface area contributed by atoms with Crippen molar-refractivity contribution in [3.05, 3.63) is 0 Å². The van der Waals surface area contributed by atoms with Crippen LogP contribution in [0.4, 0.5) is 0 Å². The van der Waals surface area contributed by atoms with Crippen LogP contribution >= 0.6 is 0 Å². The molecule has 17 heavy (non-hydrogen) atoms. The van der Waals surface area contributed by atoms with Crippen LogP contribution in [0.2, 0.25) is 0 Å². The third-order valence-electron chi connectivity index (χ3n) is 4.17. The van der Waals surface area contributed by atoms with Crippen molar-refractivity contribution in [2.45, 2.75) is 84.5 Å². The molecule has 0 aromatic rings. The second kappa shape index (κ2) is 8.72. The van der Waals surface area contributed by atoms with Gasteiger partial charge in [0.25, 0.3) is 0 Å². The van der Waals surface area contributed by atoms with E-state index < -0.39 is 0 Å². The molecule has 0 aromatic heterocycles. The quantitative estimate of drug-likeness (QED) is 0.536. The van der Waals surface area contributed by atoms with Crippen LogP contribution in [0.15, 0.2) is 0 Å². The smallest absolute Gasteiger partial charge is 0.135 e. The van der Waals surface area contributed by atoms with E-state index in [1.54, 1.807) is 0 Å². The zero-order valence-corrected chi connectivity index (χ0v) is 11.8. The summed E-state index contributed by atoms with van der Waals surface area (Å²) in [6, 6.07) is 0. The maximum Gasteiger partial charge on any atom is 0.135 e. The standard InChI is InChI=1S/C16H30O/c1-3-4-5-6-7-8-12-16(17)15-11-9-10-14(2)13-15/h14-15H,3-13H2,1-2H3. The van der Waals surface area contributed by atoms with E-state index in [9.17, 15) is 4.79 Å². The van der Waals surface area contributed by atoms with Gasteiger partial charge in [-0.2, -0.15) is 0 Å². The number of carbonyl (C=O) groups excluding carboxylic acids is 1. The van der Waals surface area contributed by atoms with Crippen molar-refractivity contribution in [3.63, 3.8) is 0 Å². The minimum absolute atomic E-state index is 0.411. The van der Waals surface area contributed by atoms with E-state index in [1.165, 1.54) is 51.4 Å². The summed E-state index contributed by atoms with van der Waals surface area (Å²) in [5.74, 6) is 1.75. The number of ketones is 1. The van der Waals surface area contributed by atoms with E-state index in [2.05, 4.69) is 13.8 Å². The summed E-state index contributed by atoms with van der Waals surface area (Å²) in [4.78, 5) is 12.0. The molecule has 1 heteroatoms. The predicted octanol–water partition coefficient (Wildman–Crippen LogP) is 5.13. The van der Waals surface area contributed by atoms with Gasteiger partial charge in [0.15, 0.2) is 0 Å². The van der Waals surface area contributed by atoms with Gasteiger partial charge >= 0.3 is 0 Å². The number of Topliss-reactive ketones (excluding diaryl/α,β-unsaturated/α-hetero) is 1. The van der Waals surface area contributed by atoms with Crippen LogP contribution in [-0.4, -0.2) is 5.78 Å². The summed E-state index contributed by atoms with van der Waals surface area (Å²) in [5.41, 5.74) is 0. The Bertz CT molecular complexity index is 210. The SMILES string of the molecule is CCCCCCCCC(=O)C1CCCC(C)C1. The lowest BCUT2D eigenvalue weighted by Crippen LogP contribution is -2.21. The fourth-order valence-electron chi connectivity index (χ4n) is 3.01. The summed E-state index contributed by atoms with van der Waals surface area (Å²) in [7, 11) is 0. The molecule has 1 rings (SSSR count). The molecule has 0 spiro atoms. The van der Waals surface area contributed by atoms with Gasteiger partial charge in [0, 0.05) is 12.3 Å². The maximum absolute atomic E-state index is 12.0. The van der Waals surface area contributed by atoms with E-state index >= 15 is 0 Å². The Balaban J connectivity index is 2.04. The number of carbonyl (C=O) groups is 1. The summed E-state index contributed by atoms with van der Waals surface area (Å²) in [5, 5.41) is 0. The number of hydrogen-bond acceptors (Lipinski definition) is 1. The predicted molar refractivity (Wildman–Crippen MR) is 74.1 cm³/mol. The number of unbranched alkanes of at least 4 members (excludes halogenated alkanes) is 5. The zero-order valence-electron chi connectivity index (χ0n) is 11.8. The molecule has 0 N–H and O–H groups in total. The topological polar surface area (TPSA) is 17.1 Å². The molecular weight excluding hydrogens is 208 g/mol. The van der Waals surface area contributed by atoms with Gasteiger partial charge in [-0.05, 0) is 25.2 Å². The Morgan fingerprint density at radius 3 is 2.47 bits per heavy atom. The van der Waals surface area contributed by atoms with Crippen LogP contribution < -0.4 is 0 Å². The van der Waals surface area contributed by atoms with Crippen molar-refractivity contribution in [1.82, 2.24) is 0 Å². The number of rotatable bonds is 8. The third kappa shape index (κ3) is 6.24. The lowest BCUT2D eigenvalue weighted by atomic mass is 9.79. The van der Waals surface area contributed by atoms with E-state index in [-0.39, 0.29) is 0 Å². The van der Waals surface area contributed by atoms with Crippen molar-refractivity contribution in [3.8, 4) is 0 Å². The molecule has 1 saturated carbocycles.